The van der Waals surface area contributed by atoms with Crippen LogP contribution in [0.5, 0.6) is 0 Å². The van der Waals surface area contributed by atoms with Crippen LogP contribution < -0.4 is 0 Å². The maximum absolute atomic E-state index is 10.8. The van der Waals surface area contributed by atoms with Gasteiger partial charge in [-0.05, 0) is 12.2 Å². The summed E-state index contributed by atoms with van der Waals surface area (Å²) >= 11 is 0. The normalized spacial score (nSPS) is 29.1. The second kappa shape index (κ2) is 2.84. The Morgan fingerprint density at radius 1 is 1.73 bits per heavy atom. The van der Waals surface area contributed by atoms with Gasteiger partial charge in [-0.2, -0.15) is 0 Å². The molecule has 1 aliphatic rings. The van der Waals surface area contributed by atoms with Gasteiger partial charge in [-0.25, -0.2) is 0 Å². The fraction of sp³-hybridized carbons (Fsp3) is 0.429. The van der Waals surface area contributed by atoms with Crippen molar-refractivity contribution < 1.29 is 19.4 Å². The molecule has 0 radical (unpaired) electrons. The Morgan fingerprint density at radius 2 is 2.36 bits per heavy atom. The van der Waals surface area contributed by atoms with E-state index < -0.39 is 18.2 Å². The topological polar surface area (TPSA) is 63.6 Å². The lowest BCUT2D eigenvalue weighted by Crippen LogP contribution is -2.31. The SMILES string of the molecule is CC(=O)OC1C(=O)C=CC1O. The third-order valence-electron chi connectivity index (χ3n) is 1.34. The molecular weight excluding hydrogens is 148 g/mol. The molecule has 0 bridgehead atoms. The maximum atomic E-state index is 10.8. The van der Waals surface area contributed by atoms with Crippen molar-refractivity contribution in [3.05, 3.63) is 12.2 Å². The van der Waals surface area contributed by atoms with Crippen LogP contribution in [-0.4, -0.2) is 29.1 Å². The Kier molecular flexibility index (Phi) is 2.05. The highest BCUT2D eigenvalue weighted by molar-refractivity contribution is 5.98. The monoisotopic (exact) mass is 156 g/mol. The first kappa shape index (κ1) is 7.94. The van der Waals surface area contributed by atoms with Gasteiger partial charge < -0.3 is 9.84 Å². The fourth-order valence-electron chi connectivity index (χ4n) is 0.864. The summed E-state index contributed by atoms with van der Waals surface area (Å²) in [6, 6.07) is 0. The molecule has 0 aromatic carbocycles. The Labute approximate surface area is 63.5 Å². The Balaban J connectivity index is 2.59. The van der Waals surface area contributed by atoms with Crippen molar-refractivity contribution in [3.8, 4) is 0 Å². The number of aliphatic hydroxyl groups excluding tert-OH is 1. The molecule has 0 spiro atoms. The molecule has 2 unspecified atom stereocenters. The molecule has 11 heavy (non-hydrogen) atoms. The molecule has 0 saturated carbocycles. The minimum atomic E-state index is -1.02. The Morgan fingerprint density at radius 3 is 2.73 bits per heavy atom. The van der Waals surface area contributed by atoms with Gasteiger partial charge in [-0.3, -0.25) is 9.59 Å². The van der Waals surface area contributed by atoms with E-state index in [1.807, 2.05) is 0 Å². The number of rotatable bonds is 1. The van der Waals surface area contributed by atoms with Crippen molar-refractivity contribution in [1.29, 1.82) is 0 Å². The molecule has 2 atom stereocenters. The Hall–Kier alpha value is -1.16. The number of aliphatic hydroxyl groups is 1. The molecule has 1 N–H and O–H groups in total. The van der Waals surface area contributed by atoms with E-state index in [4.69, 9.17) is 5.11 Å². The van der Waals surface area contributed by atoms with Crippen LogP contribution in [0, 0.1) is 0 Å². The highest BCUT2D eigenvalue weighted by atomic mass is 16.6. The van der Waals surface area contributed by atoms with Crippen LogP contribution in [0.15, 0.2) is 12.2 Å². The molecule has 0 aliphatic heterocycles. The summed E-state index contributed by atoms with van der Waals surface area (Å²) in [5.41, 5.74) is 0. The van der Waals surface area contributed by atoms with E-state index >= 15 is 0 Å². The number of ketones is 1. The zero-order valence-electron chi connectivity index (χ0n) is 5.98. The summed E-state index contributed by atoms with van der Waals surface area (Å²) in [4.78, 5) is 21.2. The number of carbonyl (C=O) groups excluding carboxylic acids is 2. The highest BCUT2D eigenvalue weighted by Crippen LogP contribution is 2.11. The van der Waals surface area contributed by atoms with Crippen molar-refractivity contribution in [1.82, 2.24) is 0 Å². The predicted octanol–water partition coefficient (Wildman–Crippen LogP) is -0.582. The van der Waals surface area contributed by atoms with Gasteiger partial charge in [0.05, 0.1) is 0 Å². The van der Waals surface area contributed by atoms with Gasteiger partial charge in [0.1, 0.15) is 6.10 Å². The smallest absolute Gasteiger partial charge is 0.303 e. The predicted molar refractivity (Wildman–Crippen MR) is 35.7 cm³/mol. The summed E-state index contributed by atoms with van der Waals surface area (Å²) in [5.74, 6) is -0.932. The molecule has 4 nitrogen and oxygen atoms in total. The van der Waals surface area contributed by atoms with E-state index in [9.17, 15) is 9.59 Å². The van der Waals surface area contributed by atoms with Crippen molar-refractivity contribution in [2.75, 3.05) is 0 Å². The number of hydrogen-bond acceptors (Lipinski definition) is 4. The lowest BCUT2D eigenvalue weighted by atomic mass is 10.2. The molecule has 0 saturated heterocycles. The van der Waals surface area contributed by atoms with Gasteiger partial charge in [0.25, 0.3) is 0 Å². The average molecular weight is 156 g/mol. The molecule has 0 aromatic heterocycles. The summed E-state index contributed by atoms with van der Waals surface area (Å²) in [6.45, 7) is 1.19. The van der Waals surface area contributed by atoms with E-state index in [-0.39, 0.29) is 5.78 Å². The van der Waals surface area contributed by atoms with Crippen LogP contribution in [-0.2, 0) is 14.3 Å². The highest BCUT2D eigenvalue weighted by Gasteiger charge is 2.30. The first-order valence-corrected chi connectivity index (χ1v) is 3.18. The van der Waals surface area contributed by atoms with Crippen molar-refractivity contribution >= 4 is 11.8 Å². The molecule has 0 fully saturated rings. The van der Waals surface area contributed by atoms with Gasteiger partial charge >= 0.3 is 5.97 Å². The van der Waals surface area contributed by atoms with Gasteiger partial charge in [0.2, 0.25) is 0 Å². The zero-order chi connectivity index (χ0) is 8.43. The molecular formula is C7H8O4. The number of ether oxygens (including phenoxy) is 1. The second-order valence-electron chi connectivity index (χ2n) is 2.28. The zero-order valence-corrected chi connectivity index (χ0v) is 5.98. The quantitative estimate of drug-likeness (QED) is 0.516. The first-order chi connectivity index (χ1) is 5.11. The van der Waals surface area contributed by atoms with Gasteiger partial charge in [0, 0.05) is 6.92 Å². The minimum absolute atomic E-state index is 0.368. The van der Waals surface area contributed by atoms with Crippen LogP contribution in [0.1, 0.15) is 6.92 Å². The Bertz CT molecular complexity index is 218. The second-order valence-corrected chi connectivity index (χ2v) is 2.28. The number of carbonyl (C=O) groups is 2. The average Bonchev–Trinajstić information content (AvgIpc) is 2.18. The fourth-order valence-corrected chi connectivity index (χ4v) is 0.864. The molecule has 1 rings (SSSR count). The van der Waals surface area contributed by atoms with E-state index in [2.05, 4.69) is 4.74 Å². The van der Waals surface area contributed by atoms with Crippen LogP contribution >= 0.6 is 0 Å². The third kappa shape index (κ3) is 1.65. The van der Waals surface area contributed by atoms with Crippen molar-refractivity contribution in [2.24, 2.45) is 0 Å². The van der Waals surface area contributed by atoms with E-state index in [1.165, 1.54) is 19.1 Å². The maximum Gasteiger partial charge on any atom is 0.303 e. The summed E-state index contributed by atoms with van der Waals surface area (Å²) < 4.78 is 4.53. The molecule has 1 aliphatic carbocycles. The number of esters is 1. The van der Waals surface area contributed by atoms with E-state index in [0.29, 0.717) is 0 Å². The summed E-state index contributed by atoms with van der Waals surface area (Å²) in [6.07, 6.45) is 0.507. The lowest BCUT2D eigenvalue weighted by molar-refractivity contribution is -0.155. The van der Waals surface area contributed by atoms with Crippen LogP contribution in [0.2, 0.25) is 0 Å². The van der Waals surface area contributed by atoms with E-state index in [0.717, 1.165) is 0 Å². The number of hydrogen-bond donors (Lipinski definition) is 1. The molecule has 0 heterocycles. The third-order valence-corrected chi connectivity index (χ3v) is 1.34. The molecule has 60 valence electrons. The largest absolute Gasteiger partial charge is 0.451 e. The standard InChI is InChI=1S/C7H8O4/c1-4(8)11-7-5(9)2-3-6(7)10/h2-3,5,7,9H,1H3. The van der Waals surface area contributed by atoms with E-state index in [1.54, 1.807) is 0 Å². The summed E-state index contributed by atoms with van der Waals surface area (Å²) in [7, 11) is 0. The van der Waals surface area contributed by atoms with Gasteiger partial charge in [0.15, 0.2) is 11.9 Å². The molecule has 0 aromatic rings. The summed E-state index contributed by atoms with van der Waals surface area (Å²) in [5, 5.41) is 9.02. The van der Waals surface area contributed by atoms with Crippen molar-refractivity contribution in [2.45, 2.75) is 19.1 Å². The van der Waals surface area contributed by atoms with Gasteiger partial charge in [-0.1, -0.05) is 0 Å². The first-order valence-electron chi connectivity index (χ1n) is 3.18. The minimum Gasteiger partial charge on any atom is -0.451 e. The van der Waals surface area contributed by atoms with Crippen LogP contribution in [0.4, 0.5) is 0 Å². The lowest BCUT2D eigenvalue weighted by Gasteiger charge is -2.11. The van der Waals surface area contributed by atoms with Crippen LogP contribution in [0.3, 0.4) is 0 Å². The molecule has 4 heteroatoms. The van der Waals surface area contributed by atoms with Crippen molar-refractivity contribution in [3.63, 3.8) is 0 Å². The molecule has 0 amide bonds. The van der Waals surface area contributed by atoms with Crippen LogP contribution in [0.25, 0.3) is 0 Å². The van der Waals surface area contributed by atoms with Gasteiger partial charge in [-0.15, -0.1) is 0 Å².